The van der Waals surface area contributed by atoms with Crippen LogP contribution in [0.1, 0.15) is 28.8 Å². The van der Waals surface area contributed by atoms with E-state index in [-0.39, 0.29) is 5.91 Å². The summed E-state index contributed by atoms with van der Waals surface area (Å²) in [6.07, 6.45) is 10.3. The van der Waals surface area contributed by atoms with E-state index in [2.05, 4.69) is 16.0 Å². The Hall–Kier alpha value is -2.23. The fourth-order valence-corrected chi connectivity index (χ4v) is 2.95. The van der Waals surface area contributed by atoms with Gasteiger partial charge in [0.15, 0.2) is 0 Å². The second-order valence-corrected chi connectivity index (χ2v) is 5.56. The first kappa shape index (κ1) is 13.7. The summed E-state index contributed by atoms with van der Waals surface area (Å²) in [7, 11) is 0. The lowest BCUT2D eigenvalue weighted by Crippen LogP contribution is -2.40. The minimum atomic E-state index is 0.119. The molecule has 3 rings (SSSR count). The van der Waals surface area contributed by atoms with Crippen LogP contribution in [0.3, 0.4) is 0 Å². The fraction of sp³-hybridized carbons (Fsp3) is 0.353. The van der Waals surface area contributed by atoms with Crippen LogP contribution in [0.25, 0.3) is 0 Å². The molecule has 0 saturated carbocycles. The van der Waals surface area contributed by atoms with Gasteiger partial charge in [-0.2, -0.15) is 0 Å². The molecule has 1 saturated heterocycles. The van der Waals surface area contributed by atoms with Gasteiger partial charge in [-0.15, -0.1) is 0 Å². The zero-order valence-electron chi connectivity index (χ0n) is 12.0. The normalized spacial score (nSPS) is 18.5. The van der Waals surface area contributed by atoms with E-state index < -0.39 is 0 Å². The minimum absolute atomic E-state index is 0.119. The number of carbonyl (C=O) groups excluding carboxylic acids is 1. The number of aromatic nitrogens is 2. The third-order valence-corrected chi connectivity index (χ3v) is 3.98. The Morgan fingerprint density at radius 3 is 2.81 bits per heavy atom. The molecule has 0 aliphatic carbocycles. The minimum Gasteiger partial charge on any atom is -0.338 e. The van der Waals surface area contributed by atoms with E-state index >= 15 is 0 Å². The molecule has 0 aromatic carbocycles. The number of amides is 1. The lowest BCUT2D eigenvalue weighted by Gasteiger charge is -2.33. The zero-order chi connectivity index (χ0) is 14.5. The molecule has 108 valence electrons. The van der Waals surface area contributed by atoms with Gasteiger partial charge in [0.25, 0.3) is 5.91 Å². The van der Waals surface area contributed by atoms with Crippen molar-refractivity contribution in [2.75, 3.05) is 13.1 Å². The first-order chi connectivity index (χ1) is 10.3. The average molecular weight is 281 g/mol. The number of hydrogen-bond donors (Lipinski definition) is 0. The maximum absolute atomic E-state index is 12.5. The number of rotatable bonds is 3. The molecule has 4 heteroatoms. The molecule has 2 aromatic rings. The summed E-state index contributed by atoms with van der Waals surface area (Å²) in [5, 5.41) is 0. The first-order valence-electron chi connectivity index (χ1n) is 7.41. The number of piperidine rings is 1. The fourth-order valence-electron chi connectivity index (χ4n) is 2.95. The van der Waals surface area contributed by atoms with Crippen LogP contribution in [0.15, 0.2) is 49.1 Å². The van der Waals surface area contributed by atoms with E-state index in [9.17, 15) is 4.79 Å². The lowest BCUT2D eigenvalue weighted by atomic mass is 9.91. The molecule has 1 aliphatic rings. The molecule has 4 nitrogen and oxygen atoms in total. The van der Waals surface area contributed by atoms with Crippen LogP contribution in [-0.2, 0) is 6.42 Å². The Bertz CT molecular complexity index is 585. The van der Waals surface area contributed by atoms with E-state index in [0.717, 1.165) is 31.5 Å². The number of carbonyl (C=O) groups is 1. The van der Waals surface area contributed by atoms with E-state index in [4.69, 9.17) is 0 Å². The predicted octanol–water partition coefficient (Wildman–Crippen LogP) is 2.57. The zero-order valence-corrected chi connectivity index (χ0v) is 12.0. The van der Waals surface area contributed by atoms with Crippen molar-refractivity contribution in [2.45, 2.75) is 19.3 Å². The lowest BCUT2D eigenvalue weighted by molar-refractivity contribution is 0.0673. The molecule has 0 spiro atoms. The van der Waals surface area contributed by atoms with Gasteiger partial charge >= 0.3 is 0 Å². The van der Waals surface area contributed by atoms with Crippen molar-refractivity contribution in [3.8, 4) is 0 Å². The van der Waals surface area contributed by atoms with E-state index in [1.165, 1.54) is 12.0 Å². The summed E-state index contributed by atoms with van der Waals surface area (Å²) < 4.78 is 0. The van der Waals surface area contributed by atoms with Gasteiger partial charge in [-0.1, -0.05) is 6.07 Å². The smallest absolute Gasteiger partial charge is 0.253 e. The van der Waals surface area contributed by atoms with Crippen molar-refractivity contribution in [1.82, 2.24) is 14.9 Å². The van der Waals surface area contributed by atoms with Crippen LogP contribution in [-0.4, -0.2) is 33.9 Å². The molecule has 0 unspecified atom stereocenters. The highest BCUT2D eigenvalue weighted by Crippen LogP contribution is 2.21. The largest absolute Gasteiger partial charge is 0.338 e. The van der Waals surface area contributed by atoms with E-state index in [1.54, 1.807) is 30.7 Å². The van der Waals surface area contributed by atoms with Gasteiger partial charge < -0.3 is 4.90 Å². The molecule has 0 radical (unpaired) electrons. The molecule has 0 N–H and O–H groups in total. The monoisotopic (exact) mass is 281 g/mol. The summed E-state index contributed by atoms with van der Waals surface area (Å²) in [4.78, 5) is 22.6. The van der Waals surface area contributed by atoms with Gasteiger partial charge in [0.05, 0.1) is 0 Å². The van der Waals surface area contributed by atoms with Gasteiger partial charge in [0.1, 0.15) is 0 Å². The average Bonchev–Trinajstić information content (AvgIpc) is 2.56. The van der Waals surface area contributed by atoms with Crippen LogP contribution in [0.4, 0.5) is 0 Å². The molecular formula is C17H19N3O. The Kier molecular flexibility index (Phi) is 4.24. The molecule has 2 aromatic heterocycles. The molecule has 1 amide bonds. The van der Waals surface area contributed by atoms with Crippen LogP contribution < -0.4 is 0 Å². The summed E-state index contributed by atoms with van der Waals surface area (Å²) in [6.45, 7) is 1.68. The number of pyridine rings is 2. The summed E-state index contributed by atoms with van der Waals surface area (Å²) >= 11 is 0. The topological polar surface area (TPSA) is 46.1 Å². The Morgan fingerprint density at radius 1 is 1.19 bits per heavy atom. The van der Waals surface area contributed by atoms with Crippen LogP contribution in [0.5, 0.6) is 0 Å². The highest BCUT2D eigenvalue weighted by molar-refractivity contribution is 5.94. The summed E-state index contributed by atoms with van der Waals surface area (Å²) in [5.41, 5.74) is 1.98. The van der Waals surface area contributed by atoms with Crippen LogP contribution in [0, 0.1) is 5.92 Å². The Morgan fingerprint density at radius 2 is 2.05 bits per heavy atom. The van der Waals surface area contributed by atoms with Crippen molar-refractivity contribution < 1.29 is 4.79 Å². The predicted molar refractivity (Wildman–Crippen MR) is 80.8 cm³/mol. The molecule has 3 heterocycles. The van der Waals surface area contributed by atoms with Gasteiger partial charge in [-0.3, -0.25) is 14.8 Å². The molecule has 21 heavy (non-hydrogen) atoms. The quantitative estimate of drug-likeness (QED) is 0.868. The standard InChI is InChI=1S/C17H19N3O/c21-17(16-5-8-18-9-6-16)20-10-2-4-15(13-20)11-14-3-1-7-19-12-14/h1,3,5-9,12,15H,2,4,10-11,13H2/t15-/m1/s1. The maximum atomic E-state index is 12.5. The third-order valence-electron chi connectivity index (χ3n) is 3.98. The molecule has 1 aliphatic heterocycles. The highest BCUT2D eigenvalue weighted by Gasteiger charge is 2.24. The summed E-state index contributed by atoms with van der Waals surface area (Å²) in [5.74, 6) is 0.641. The van der Waals surface area contributed by atoms with Crippen molar-refractivity contribution in [1.29, 1.82) is 0 Å². The van der Waals surface area contributed by atoms with Crippen LogP contribution in [0.2, 0.25) is 0 Å². The number of nitrogens with zero attached hydrogens (tertiary/aromatic N) is 3. The van der Waals surface area contributed by atoms with E-state index in [0.29, 0.717) is 5.92 Å². The second kappa shape index (κ2) is 6.48. The highest BCUT2D eigenvalue weighted by atomic mass is 16.2. The molecular weight excluding hydrogens is 262 g/mol. The third kappa shape index (κ3) is 3.45. The SMILES string of the molecule is O=C(c1ccncc1)N1CCC[C@H](Cc2cccnc2)C1. The maximum Gasteiger partial charge on any atom is 0.253 e. The Balaban J connectivity index is 1.64. The second-order valence-electron chi connectivity index (χ2n) is 5.56. The van der Waals surface area contributed by atoms with Crippen molar-refractivity contribution in [3.05, 3.63) is 60.2 Å². The Labute approximate surface area is 124 Å². The first-order valence-corrected chi connectivity index (χ1v) is 7.41. The van der Waals surface area contributed by atoms with Gasteiger partial charge in [0.2, 0.25) is 0 Å². The summed E-state index contributed by atoms with van der Waals surface area (Å²) in [6, 6.07) is 7.65. The van der Waals surface area contributed by atoms with Crippen molar-refractivity contribution >= 4 is 5.91 Å². The molecule has 1 fully saturated rings. The van der Waals surface area contributed by atoms with Crippen molar-refractivity contribution in [2.24, 2.45) is 5.92 Å². The number of hydrogen-bond acceptors (Lipinski definition) is 3. The van der Waals surface area contributed by atoms with Gasteiger partial charge in [-0.25, -0.2) is 0 Å². The molecule has 1 atom stereocenters. The van der Waals surface area contributed by atoms with Gasteiger partial charge in [0, 0.05) is 43.4 Å². The van der Waals surface area contributed by atoms with Gasteiger partial charge in [-0.05, 0) is 48.9 Å². The molecule has 0 bridgehead atoms. The van der Waals surface area contributed by atoms with Crippen LogP contribution >= 0.6 is 0 Å². The number of likely N-dealkylation sites (tertiary alicyclic amines) is 1. The van der Waals surface area contributed by atoms with Crippen molar-refractivity contribution in [3.63, 3.8) is 0 Å². The van der Waals surface area contributed by atoms with E-state index in [1.807, 2.05) is 17.2 Å².